The van der Waals surface area contributed by atoms with E-state index in [1.807, 2.05) is 0 Å². The molecule has 16 heavy (non-hydrogen) atoms. The molecular formula is C13H18O2S. The molecule has 2 nitrogen and oxygen atoms in total. The molecule has 3 heteroatoms. The molecule has 0 aliphatic carbocycles. The van der Waals surface area contributed by atoms with Gasteiger partial charge in [0.1, 0.15) is 5.78 Å². The number of rotatable bonds is 5. The summed E-state index contributed by atoms with van der Waals surface area (Å²) in [7, 11) is 0. The Morgan fingerprint density at radius 1 is 1.50 bits per heavy atom. The molecule has 0 radical (unpaired) electrons. The van der Waals surface area contributed by atoms with Gasteiger partial charge in [-0.2, -0.15) is 11.3 Å². The normalized spacial score (nSPS) is 20.9. The van der Waals surface area contributed by atoms with Gasteiger partial charge in [-0.05, 0) is 48.1 Å². The molecule has 1 saturated heterocycles. The summed E-state index contributed by atoms with van der Waals surface area (Å²) >= 11 is 1.69. The molecular weight excluding hydrogens is 220 g/mol. The molecule has 2 rings (SSSR count). The maximum absolute atomic E-state index is 11.7. The topological polar surface area (TPSA) is 26.3 Å². The van der Waals surface area contributed by atoms with Crippen molar-refractivity contribution in [2.45, 2.75) is 44.6 Å². The van der Waals surface area contributed by atoms with E-state index in [2.05, 4.69) is 16.8 Å². The molecule has 2 heterocycles. The van der Waals surface area contributed by atoms with Gasteiger partial charge in [-0.3, -0.25) is 4.79 Å². The molecule has 1 fully saturated rings. The van der Waals surface area contributed by atoms with E-state index in [4.69, 9.17) is 4.74 Å². The molecule has 1 aromatic heterocycles. The average molecular weight is 238 g/mol. The van der Waals surface area contributed by atoms with Gasteiger partial charge in [0.25, 0.3) is 0 Å². The van der Waals surface area contributed by atoms with Crippen molar-refractivity contribution in [1.82, 2.24) is 0 Å². The molecule has 0 saturated carbocycles. The van der Waals surface area contributed by atoms with Crippen LogP contribution in [-0.2, 0) is 16.0 Å². The summed E-state index contributed by atoms with van der Waals surface area (Å²) in [5.74, 6) is 0.345. The fourth-order valence-electron chi connectivity index (χ4n) is 2.04. The Morgan fingerprint density at radius 2 is 2.44 bits per heavy atom. The van der Waals surface area contributed by atoms with Crippen molar-refractivity contribution in [1.29, 1.82) is 0 Å². The zero-order chi connectivity index (χ0) is 11.2. The van der Waals surface area contributed by atoms with Crippen molar-refractivity contribution in [2.24, 2.45) is 0 Å². The Hall–Kier alpha value is -0.670. The number of thiophene rings is 1. The standard InChI is InChI=1S/C13H18O2S/c14-12(5-4-11-6-8-16-10-11)9-13-3-1-2-7-15-13/h6,8,10,13H,1-5,7,9H2. The number of hydrogen-bond acceptors (Lipinski definition) is 3. The van der Waals surface area contributed by atoms with Crippen LogP contribution in [0.5, 0.6) is 0 Å². The molecule has 0 aromatic carbocycles. The number of carbonyl (C=O) groups is 1. The smallest absolute Gasteiger partial charge is 0.135 e. The predicted octanol–water partition coefficient (Wildman–Crippen LogP) is 3.21. The van der Waals surface area contributed by atoms with Gasteiger partial charge in [0.15, 0.2) is 0 Å². The summed E-state index contributed by atoms with van der Waals surface area (Å²) in [6.07, 6.45) is 5.78. The van der Waals surface area contributed by atoms with Crippen LogP contribution < -0.4 is 0 Å². The third kappa shape index (κ3) is 3.72. The molecule has 0 amide bonds. The van der Waals surface area contributed by atoms with Gasteiger partial charge in [-0.25, -0.2) is 0 Å². The van der Waals surface area contributed by atoms with Crippen LogP contribution in [0.25, 0.3) is 0 Å². The summed E-state index contributed by atoms with van der Waals surface area (Å²) in [5.41, 5.74) is 1.28. The SMILES string of the molecule is O=C(CCc1ccsc1)CC1CCCCO1. The van der Waals surface area contributed by atoms with Gasteiger partial charge in [0.05, 0.1) is 6.10 Å². The minimum atomic E-state index is 0.198. The molecule has 0 bridgehead atoms. The van der Waals surface area contributed by atoms with Crippen LogP contribution in [0.2, 0.25) is 0 Å². The lowest BCUT2D eigenvalue weighted by Gasteiger charge is -2.21. The first-order valence-corrected chi connectivity index (χ1v) is 6.93. The maximum Gasteiger partial charge on any atom is 0.135 e. The van der Waals surface area contributed by atoms with Crippen LogP contribution in [-0.4, -0.2) is 18.5 Å². The summed E-state index contributed by atoms with van der Waals surface area (Å²) in [5, 5.41) is 4.18. The fourth-order valence-corrected chi connectivity index (χ4v) is 2.75. The van der Waals surface area contributed by atoms with E-state index in [1.165, 1.54) is 12.0 Å². The van der Waals surface area contributed by atoms with E-state index in [0.717, 1.165) is 25.9 Å². The summed E-state index contributed by atoms with van der Waals surface area (Å²) < 4.78 is 5.57. The molecule has 1 aromatic rings. The maximum atomic E-state index is 11.7. The van der Waals surface area contributed by atoms with Crippen molar-refractivity contribution in [2.75, 3.05) is 6.61 Å². The third-order valence-corrected chi connectivity index (χ3v) is 3.73. The van der Waals surface area contributed by atoms with Crippen LogP contribution >= 0.6 is 11.3 Å². The third-order valence-electron chi connectivity index (χ3n) is 3.00. The number of Topliss-reactive ketones (excluding diaryl/α,β-unsaturated/α-hetero) is 1. The minimum absolute atomic E-state index is 0.198. The van der Waals surface area contributed by atoms with Gasteiger partial charge in [0.2, 0.25) is 0 Å². The number of ketones is 1. The van der Waals surface area contributed by atoms with E-state index in [9.17, 15) is 4.79 Å². The Labute approximate surface area is 101 Å². The lowest BCUT2D eigenvalue weighted by Crippen LogP contribution is -2.22. The summed E-state index contributed by atoms with van der Waals surface area (Å²) in [4.78, 5) is 11.7. The summed E-state index contributed by atoms with van der Waals surface area (Å²) in [6.45, 7) is 0.836. The first-order valence-electron chi connectivity index (χ1n) is 5.99. The molecule has 1 atom stereocenters. The zero-order valence-corrected chi connectivity index (χ0v) is 10.3. The van der Waals surface area contributed by atoms with Crippen LogP contribution in [0.1, 0.15) is 37.7 Å². The van der Waals surface area contributed by atoms with Gasteiger partial charge in [-0.1, -0.05) is 0 Å². The van der Waals surface area contributed by atoms with Crippen molar-refractivity contribution < 1.29 is 9.53 Å². The fraction of sp³-hybridized carbons (Fsp3) is 0.615. The van der Waals surface area contributed by atoms with Crippen molar-refractivity contribution in [3.63, 3.8) is 0 Å². The second-order valence-electron chi connectivity index (χ2n) is 4.36. The highest BCUT2D eigenvalue weighted by Gasteiger charge is 2.17. The molecule has 88 valence electrons. The van der Waals surface area contributed by atoms with E-state index < -0.39 is 0 Å². The quantitative estimate of drug-likeness (QED) is 0.787. The Balaban J connectivity index is 1.67. The van der Waals surface area contributed by atoms with Crippen LogP contribution in [0.4, 0.5) is 0 Å². The highest BCUT2D eigenvalue weighted by molar-refractivity contribution is 7.07. The Bertz CT molecular complexity index is 313. The average Bonchev–Trinajstić information content (AvgIpc) is 2.81. The number of aryl methyl sites for hydroxylation is 1. The highest BCUT2D eigenvalue weighted by atomic mass is 32.1. The molecule has 0 spiro atoms. The minimum Gasteiger partial charge on any atom is -0.378 e. The van der Waals surface area contributed by atoms with Crippen LogP contribution in [0.3, 0.4) is 0 Å². The summed E-state index contributed by atoms with van der Waals surface area (Å²) in [6, 6.07) is 2.09. The van der Waals surface area contributed by atoms with Crippen molar-refractivity contribution in [3.8, 4) is 0 Å². The predicted molar refractivity (Wildman–Crippen MR) is 65.9 cm³/mol. The molecule has 1 aliphatic rings. The Morgan fingerprint density at radius 3 is 3.12 bits per heavy atom. The molecule has 1 unspecified atom stereocenters. The van der Waals surface area contributed by atoms with Gasteiger partial charge < -0.3 is 4.74 Å². The number of ether oxygens (including phenoxy) is 1. The lowest BCUT2D eigenvalue weighted by atomic mass is 10.0. The van der Waals surface area contributed by atoms with E-state index in [-0.39, 0.29) is 6.10 Å². The largest absolute Gasteiger partial charge is 0.378 e. The molecule has 1 aliphatic heterocycles. The van der Waals surface area contributed by atoms with Gasteiger partial charge in [-0.15, -0.1) is 0 Å². The van der Waals surface area contributed by atoms with E-state index in [0.29, 0.717) is 18.6 Å². The number of hydrogen-bond donors (Lipinski definition) is 0. The second kappa shape index (κ2) is 6.16. The number of carbonyl (C=O) groups excluding carboxylic acids is 1. The first kappa shape index (κ1) is 11.8. The van der Waals surface area contributed by atoms with Crippen molar-refractivity contribution >= 4 is 17.1 Å². The first-order chi connectivity index (χ1) is 7.84. The van der Waals surface area contributed by atoms with E-state index in [1.54, 1.807) is 11.3 Å². The second-order valence-corrected chi connectivity index (χ2v) is 5.14. The van der Waals surface area contributed by atoms with Gasteiger partial charge in [0, 0.05) is 19.4 Å². The van der Waals surface area contributed by atoms with Crippen LogP contribution in [0.15, 0.2) is 16.8 Å². The lowest BCUT2D eigenvalue weighted by molar-refractivity contribution is -0.122. The Kier molecular flexibility index (Phi) is 4.55. The van der Waals surface area contributed by atoms with Crippen LogP contribution in [0, 0.1) is 0 Å². The van der Waals surface area contributed by atoms with Gasteiger partial charge >= 0.3 is 0 Å². The molecule has 0 N–H and O–H groups in total. The van der Waals surface area contributed by atoms with Crippen molar-refractivity contribution in [3.05, 3.63) is 22.4 Å². The zero-order valence-electron chi connectivity index (χ0n) is 9.48. The van der Waals surface area contributed by atoms with E-state index >= 15 is 0 Å². The highest BCUT2D eigenvalue weighted by Crippen LogP contribution is 2.17. The monoisotopic (exact) mass is 238 g/mol.